The molecule has 0 N–H and O–H groups in total. The summed E-state index contributed by atoms with van der Waals surface area (Å²) in [6.07, 6.45) is 1.23. The van der Waals surface area contributed by atoms with E-state index in [1.54, 1.807) is 12.1 Å². The Balaban J connectivity index is 2.84. The molecular weight excluding hydrogens is 201 g/mol. The van der Waals surface area contributed by atoms with Gasteiger partial charge in [0.25, 0.3) is 0 Å². The first-order chi connectivity index (χ1) is 7.04. The Morgan fingerprint density at radius 1 is 1.27 bits per heavy atom. The highest BCUT2D eigenvalue weighted by Crippen LogP contribution is 2.29. The van der Waals surface area contributed by atoms with Gasteiger partial charge in [0, 0.05) is 0 Å². The minimum atomic E-state index is -4.26. The van der Waals surface area contributed by atoms with Crippen LogP contribution >= 0.6 is 0 Å². The number of alkyl halides is 3. The van der Waals surface area contributed by atoms with E-state index in [-0.39, 0.29) is 0 Å². The Hall–Kier alpha value is -1.25. The molecule has 0 aliphatic heterocycles. The van der Waals surface area contributed by atoms with Crippen LogP contribution in [0.5, 0.6) is 0 Å². The molecule has 1 aromatic rings. The largest absolute Gasteiger partial charge is 0.416 e. The molecule has 1 rings (SSSR count). The minimum Gasteiger partial charge on any atom is -0.166 e. The van der Waals surface area contributed by atoms with Crippen LogP contribution in [0.1, 0.15) is 30.9 Å². The summed E-state index contributed by atoms with van der Waals surface area (Å²) in [4.78, 5) is 0. The van der Waals surface area contributed by atoms with Crippen molar-refractivity contribution in [1.82, 2.24) is 0 Å². The molecule has 1 aromatic carbocycles. The SMILES string of the molecule is CCCC=Cc1cccc(C(F)(F)F)c1. The molecule has 0 saturated heterocycles. The van der Waals surface area contributed by atoms with Crippen molar-refractivity contribution in [3.05, 3.63) is 41.5 Å². The zero-order valence-electron chi connectivity index (χ0n) is 8.51. The molecule has 0 heterocycles. The average Bonchev–Trinajstić information content (AvgIpc) is 2.17. The van der Waals surface area contributed by atoms with Gasteiger partial charge in [-0.3, -0.25) is 0 Å². The van der Waals surface area contributed by atoms with Crippen LogP contribution in [0.3, 0.4) is 0 Å². The molecular formula is C12H13F3. The van der Waals surface area contributed by atoms with Crippen molar-refractivity contribution in [1.29, 1.82) is 0 Å². The quantitative estimate of drug-likeness (QED) is 0.694. The Labute approximate surface area is 87.4 Å². The van der Waals surface area contributed by atoms with E-state index in [9.17, 15) is 13.2 Å². The lowest BCUT2D eigenvalue weighted by atomic mass is 10.1. The second kappa shape index (κ2) is 5.01. The fourth-order valence-electron chi connectivity index (χ4n) is 1.20. The van der Waals surface area contributed by atoms with Crippen LogP contribution < -0.4 is 0 Å². The normalized spacial score (nSPS) is 12.3. The van der Waals surface area contributed by atoms with Crippen molar-refractivity contribution in [2.75, 3.05) is 0 Å². The fourth-order valence-corrected chi connectivity index (χ4v) is 1.20. The summed E-state index contributed by atoms with van der Waals surface area (Å²) >= 11 is 0. The van der Waals surface area contributed by atoms with E-state index >= 15 is 0 Å². The van der Waals surface area contributed by atoms with E-state index in [1.807, 2.05) is 13.0 Å². The molecule has 0 radical (unpaired) electrons. The standard InChI is InChI=1S/C12H13F3/c1-2-3-4-6-10-7-5-8-11(9-10)12(13,14)15/h4-9H,2-3H2,1H3. The number of benzene rings is 1. The van der Waals surface area contributed by atoms with Gasteiger partial charge in [-0.1, -0.05) is 37.6 Å². The highest BCUT2D eigenvalue weighted by molar-refractivity contribution is 5.50. The van der Waals surface area contributed by atoms with Crippen molar-refractivity contribution in [3.63, 3.8) is 0 Å². The first kappa shape index (κ1) is 11.8. The van der Waals surface area contributed by atoms with Gasteiger partial charge >= 0.3 is 6.18 Å². The van der Waals surface area contributed by atoms with E-state index in [0.29, 0.717) is 5.56 Å². The maximum Gasteiger partial charge on any atom is 0.416 e. The Bertz CT molecular complexity index is 337. The van der Waals surface area contributed by atoms with Gasteiger partial charge in [0.2, 0.25) is 0 Å². The van der Waals surface area contributed by atoms with Crippen LogP contribution in [0.2, 0.25) is 0 Å². The van der Waals surface area contributed by atoms with E-state index in [1.165, 1.54) is 6.07 Å². The first-order valence-electron chi connectivity index (χ1n) is 4.88. The van der Waals surface area contributed by atoms with Gasteiger partial charge in [0.1, 0.15) is 0 Å². The van der Waals surface area contributed by atoms with Gasteiger partial charge < -0.3 is 0 Å². The summed E-state index contributed by atoms with van der Waals surface area (Å²) in [5.41, 5.74) is -0.000534. The van der Waals surface area contributed by atoms with Gasteiger partial charge in [-0.05, 0) is 24.1 Å². The summed E-state index contributed by atoms with van der Waals surface area (Å²) in [6.45, 7) is 2.02. The van der Waals surface area contributed by atoms with Gasteiger partial charge in [-0.25, -0.2) is 0 Å². The van der Waals surface area contributed by atoms with Crippen molar-refractivity contribution in [3.8, 4) is 0 Å². The molecule has 0 unspecified atom stereocenters. The highest BCUT2D eigenvalue weighted by Gasteiger charge is 2.30. The summed E-state index contributed by atoms with van der Waals surface area (Å²) < 4.78 is 37.0. The first-order valence-corrected chi connectivity index (χ1v) is 4.88. The lowest BCUT2D eigenvalue weighted by Crippen LogP contribution is -2.04. The van der Waals surface area contributed by atoms with Gasteiger partial charge in [-0.2, -0.15) is 13.2 Å². The third kappa shape index (κ3) is 3.78. The second-order valence-corrected chi connectivity index (χ2v) is 3.31. The predicted octanol–water partition coefficient (Wildman–Crippen LogP) is 4.52. The number of allylic oxidation sites excluding steroid dienone is 1. The molecule has 0 aliphatic rings. The zero-order chi connectivity index (χ0) is 11.3. The minimum absolute atomic E-state index is 0.596. The van der Waals surface area contributed by atoms with Crippen LogP contribution in [0.25, 0.3) is 6.08 Å². The van der Waals surface area contributed by atoms with Gasteiger partial charge in [0.15, 0.2) is 0 Å². The molecule has 82 valence electrons. The lowest BCUT2D eigenvalue weighted by molar-refractivity contribution is -0.137. The molecule has 0 saturated carbocycles. The molecule has 0 amide bonds. The highest BCUT2D eigenvalue weighted by atomic mass is 19.4. The van der Waals surface area contributed by atoms with Gasteiger partial charge in [-0.15, -0.1) is 0 Å². The number of unbranched alkanes of at least 4 members (excludes halogenated alkanes) is 1. The Morgan fingerprint density at radius 3 is 2.60 bits per heavy atom. The van der Waals surface area contributed by atoms with Crippen LogP contribution in [0.4, 0.5) is 13.2 Å². The van der Waals surface area contributed by atoms with Crippen LogP contribution in [0.15, 0.2) is 30.3 Å². The Kier molecular flexibility index (Phi) is 3.95. The van der Waals surface area contributed by atoms with E-state index in [2.05, 4.69) is 0 Å². The molecule has 0 aliphatic carbocycles. The summed E-state index contributed by atoms with van der Waals surface area (Å²) in [5, 5.41) is 0. The van der Waals surface area contributed by atoms with E-state index in [4.69, 9.17) is 0 Å². The molecule has 0 spiro atoms. The third-order valence-corrected chi connectivity index (χ3v) is 1.98. The number of hydrogen-bond acceptors (Lipinski definition) is 0. The van der Waals surface area contributed by atoms with Crippen molar-refractivity contribution < 1.29 is 13.2 Å². The number of rotatable bonds is 3. The smallest absolute Gasteiger partial charge is 0.166 e. The molecule has 0 atom stereocenters. The summed E-state index contributed by atoms with van der Waals surface area (Å²) in [7, 11) is 0. The molecule has 0 fully saturated rings. The lowest BCUT2D eigenvalue weighted by Gasteiger charge is -2.06. The van der Waals surface area contributed by atoms with Crippen LogP contribution in [-0.2, 0) is 6.18 Å². The molecule has 0 aromatic heterocycles. The number of halogens is 3. The Morgan fingerprint density at radius 2 is 2.00 bits per heavy atom. The monoisotopic (exact) mass is 214 g/mol. The van der Waals surface area contributed by atoms with Crippen LogP contribution in [0, 0.1) is 0 Å². The molecule has 3 heteroatoms. The molecule has 0 nitrogen and oxygen atoms in total. The zero-order valence-corrected chi connectivity index (χ0v) is 8.51. The molecule has 0 bridgehead atoms. The predicted molar refractivity (Wildman–Crippen MR) is 55.4 cm³/mol. The maximum absolute atomic E-state index is 12.3. The summed E-state index contributed by atoms with van der Waals surface area (Å²) in [6, 6.07) is 5.33. The number of hydrogen-bond donors (Lipinski definition) is 0. The third-order valence-electron chi connectivity index (χ3n) is 1.98. The van der Waals surface area contributed by atoms with Crippen molar-refractivity contribution >= 4 is 6.08 Å². The molecule has 15 heavy (non-hydrogen) atoms. The summed E-state index contributed by atoms with van der Waals surface area (Å²) in [5.74, 6) is 0. The fraction of sp³-hybridized carbons (Fsp3) is 0.333. The van der Waals surface area contributed by atoms with Crippen LogP contribution in [-0.4, -0.2) is 0 Å². The second-order valence-electron chi connectivity index (χ2n) is 3.31. The van der Waals surface area contributed by atoms with E-state index < -0.39 is 11.7 Å². The maximum atomic E-state index is 12.3. The van der Waals surface area contributed by atoms with E-state index in [0.717, 1.165) is 25.0 Å². The average molecular weight is 214 g/mol. The topological polar surface area (TPSA) is 0 Å². The van der Waals surface area contributed by atoms with Gasteiger partial charge in [0.05, 0.1) is 5.56 Å². The van der Waals surface area contributed by atoms with Crippen molar-refractivity contribution in [2.24, 2.45) is 0 Å². The van der Waals surface area contributed by atoms with Crippen molar-refractivity contribution in [2.45, 2.75) is 25.9 Å².